The summed E-state index contributed by atoms with van der Waals surface area (Å²) in [7, 11) is 0. The van der Waals surface area contributed by atoms with Crippen LogP contribution in [0.1, 0.15) is 93.7 Å². The molecule has 0 bridgehead atoms. The molecule has 0 N–H and O–H groups in total. The van der Waals surface area contributed by atoms with Gasteiger partial charge in [-0.15, -0.1) is 0 Å². The van der Waals surface area contributed by atoms with Crippen LogP contribution in [0.3, 0.4) is 0 Å². The van der Waals surface area contributed by atoms with Gasteiger partial charge in [-0.2, -0.15) is 0 Å². The maximum Gasteiger partial charge on any atom is 0.323 e. The SMILES string of the molecule is CC(C)(C)c1cc2c(c(C(C)(C)C)c1)OC(=O)C2c1ccc2c(c1)CCCC2. The fourth-order valence-corrected chi connectivity index (χ4v) is 4.50. The van der Waals surface area contributed by atoms with E-state index in [0.29, 0.717) is 0 Å². The van der Waals surface area contributed by atoms with E-state index < -0.39 is 0 Å². The summed E-state index contributed by atoms with van der Waals surface area (Å²) in [5, 5.41) is 0. The van der Waals surface area contributed by atoms with Gasteiger partial charge in [-0.25, -0.2) is 0 Å². The van der Waals surface area contributed by atoms with Crippen molar-refractivity contribution in [2.75, 3.05) is 0 Å². The maximum atomic E-state index is 13.0. The molecule has 1 heterocycles. The Morgan fingerprint density at radius 3 is 2.18 bits per heavy atom. The predicted octanol–water partition coefficient (Wildman–Crippen LogP) is 6.21. The number of hydrogen-bond donors (Lipinski definition) is 0. The first-order valence-electron chi connectivity index (χ1n) is 10.6. The van der Waals surface area contributed by atoms with E-state index in [0.717, 1.165) is 35.3 Å². The summed E-state index contributed by atoms with van der Waals surface area (Å²) >= 11 is 0. The van der Waals surface area contributed by atoms with E-state index >= 15 is 0 Å². The summed E-state index contributed by atoms with van der Waals surface area (Å²) in [5.41, 5.74) is 7.29. The van der Waals surface area contributed by atoms with Gasteiger partial charge in [0, 0.05) is 11.1 Å². The minimum absolute atomic E-state index is 0.0150. The summed E-state index contributed by atoms with van der Waals surface area (Å²) in [6.07, 6.45) is 4.78. The molecular weight excluding hydrogens is 344 g/mol. The van der Waals surface area contributed by atoms with Crippen molar-refractivity contribution in [3.63, 3.8) is 0 Å². The third kappa shape index (κ3) is 3.27. The Kier molecular flexibility index (Phi) is 4.45. The van der Waals surface area contributed by atoms with Crippen LogP contribution >= 0.6 is 0 Å². The number of carbonyl (C=O) groups excluding carboxylic acids is 1. The standard InChI is InChI=1S/C26H32O2/c1-25(2,3)19-14-20-22(18-12-11-16-9-7-8-10-17(16)13-18)24(27)28-23(20)21(15-19)26(4,5)6/h11-15,22H,7-10H2,1-6H3. The molecule has 0 spiro atoms. The molecule has 0 fully saturated rings. The zero-order chi connectivity index (χ0) is 20.3. The maximum absolute atomic E-state index is 13.0. The van der Waals surface area contributed by atoms with Crippen LogP contribution in [0.25, 0.3) is 0 Å². The first kappa shape index (κ1) is 19.2. The van der Waals surface area contributed by atoms with Crippen LogP contribution < -0.4 is 4.74 Å². The molecule has 2 aromatic rings. The number of rotatable bonds is 1. The topological polar surface area (TPSA) is 26.3 Å². The normalized spacial score (nSPS) is 19.2. The molecule has 1 atom stereocenters. The number of carbonyl (C=O) groups is 1. The lowest BCUT2D eigenvalue weighted by atomic mass is 9.77. The van der Waals surface area contributed by atoms with Gasteiger partial charge in [-0.05, 0) is 58.8 Å². The number of fused-ring (bicyclic) bond motifs is 2. The van der Waals surface area contributed by atoms with E-state index in [2.05, 4.69) is 71.9 Å². The third-order valence-corrected chi connectivity index (χ3v) is 6.25. The Bertz CT molecular complexity index is 938. The minimum atomic E-state index is -0.314. The lowest BCUT2D eigenvalue weighted by Gasteiger charge is -2.27. The molecule has 0 radical (unpaired) electrons. The highest BCUT2D eigenvalue weighted by Crippen LogP contribution is 2.47. The number of esters is 1. The predicted molar refractivity (Wildman–Crippen MR) is 114 cm³/mol. The number of ether oxygens (including phenoxy) is 1. The molecule has 2 aromatic carbocycles. The third-order valence-electron chi connectivity index (χ3n) is 6.25. The average molecular weight is 377 g/mol. The van der Waals surface area contributed by atoms with Crippen molar-refractivity contribution in [1.29, 1.82) is 0 Å². The molecule has 1 unspecified atom stereocenters. The molecule has 2 aliphatic rings. The van der Waals surface area contributed by atoms with Gasteiger partial charge in [-0.3, -0.25) is 4.79 Å². The van der Waals surface area contributed by atoms with Crippen molar-refractivity contribution in [3.8, 4) is 5.75 Å². The van der Waals surface area contributed by atoms with Gasteiger partial charge in [0.2, 0.25) is 0 Å². The second-order valence-electron chi connectivity index (χ2n) is 10.5. The lowest BCUT2D eigenvalue weighted by Crippen LogP contribution is -2.17. The lowest BCUT2D eigenvalue weighted by molar-refractivity contribution is -0.133. The second-order valence-corrected chi connectivity index (χ2v) is 10.5. The van der Waals surface area contributed by atoms with Gasteiger partial charge >= 0.3 is 5.97 Å². The smallest absolute Gasteiger partial charge is 0.323 e. The first-order chi connectivity index (χ1) is 13.1. The van der Waals surface area contributed by atoms with E-state index in [1.54, 1.807) is 0 Å². The highest BCUT2D eigenvalue weighted by molar-refractivity contribution is 5.90. The molecule has 0 saturated heterocycles. The van der Waals surface area contributed by atoms with Crippen LogP contribution in [-0.4, -0.2) is 5.97 Å². The molecule has 148 valence electrons. The van der Waals surface area contributed by atoms with Crippen molar-refractivity contribution < 1.29 is 9.53 Å². The Hall–Kier alpha value is -2.09. The highest BCUT2D eigenvalue weighted by atomic mass is 16.5. The van der Waals surface area contributed by atoms with E-state index in [1.165, 1.54) is 29.5 Å². The molecule has 0 aromatic heterocycles. The average Bonchev–Trinajstić information content (AvgIpc) is 2.94. The highest BCUT2D eigenvalue weighted by Gasteiger charge is 2.39. The van der Waals surface area contributed by atoms with Crippen molar-refractivity contribution in [2.45, 2.75) is 84.0 Å². The number of aryl methyl sites for hydroxylation is 2. The number of benzene rings is 2. The zero-order valence-electron chi connectivity index (χ0n) is 18.1. The Morgan fingerprint density at radius 1 is 0.857 bits per heavy atom. The molecular formula is C26H32O2. The second kappa shape index (κ2) is 6.47. The molecule has 2 nitrogen and oxygen atoms in total. The fraction of sp³-hybridized carbons (Fsp3) is 0.500. The van der Waals surface area contributed by atoms with Gasteiger partial charge < -0.3 is 4.74 Å². The summed E-state index contributed by atoms with van der Waals surface area (Å²) in [4.78, 5) is 13.0. The van der Waals surface area contributed by atoms with E-state index in [4.69, 9.17) is 4.74 Å². The number of hydrogen-bond acceptors (Lipinski definition) is 2. The quantitative estimate of drug-likeness (QED) is 0.437. The van der Waals surface area contributed by atoms with Crippen LogP contribution in [0.15, 0.2) is 30.3 Å². The van der Waals surface area contributed by atoms with Gasteiger partial charge in [-0.1, -0.05) is 71.9 Å². The Balaban J connectivity index is 1.89. The van der Waals surface area contributed by atoms with Gasteiger partial charge in [0.05, 0.1) is 0 Å². The van der Waals surface area contributed by atoms with Gasteiger partial charge in [0.25, 0.3) is 0 Å². The molecule has 4 rings (SSSR count). The van der Waals surface area contributed by atoms with Crippen LogP contribution in [-0.2, 0) is 28.5 Å². The summed E-state index contributed by atoms with van der Waals surface area (Å²) in [5.74, 6) is 0.334. The van der Waals surface area contributed by atoms with Crippen molar-refractivity contribution in [1.82, 2.24) is 0 Å². The van der Waals surface area contributed by atoms with E-state index in [9.17, 15) is 4.79 Å². The molecule has 0 amide bonds. The van der Waals surface area contributed by atoms with Crippen LogP contribution in [0, 0.1) is 0 Å². The Morgan fingerprint density at radius 2 is 1.54 bits per heavy atom. The van der Waals surface area contributed by atoms with Gasteiger partial charge in [0.15, 0.2) is 0 Å². The van der Waals surface area contributed by atoms with Crippen molar-refractivity contribution in [2.24, 2.45) is 0 Å². The van der Waals surface area contributed by atoms with Crippen LogP contribution in [0.4, 0.5) is 0 Å². The van der Waals surface area contributed by atoms with E-state index in [1.807, 2.05) is 0 Å². The zero-order valence-corrected chi connectivity index (χ0v) is 18.1. The molecule has 1 aliphatic heterocycles. The summed E-state index contributed by atoms with van der Waals surface area (Å²) < 4.78 is 5.90. The monoisotopic (exact) mass is 376 g/mol. The first-order valence-corrected chi connectivity index (χ1v) is 10.6. The van der Waals surface area contributed by atoms with Crippen LogP contribution in [0.2, 0.25) is 0 Å². The van der Waals surface area contributed by atoms with Gasteiger partial charge in [0.1, 0.15) is 11.7 Å². The molecule has 2 heteroatoms. The molecule has 0 saturated carbocycles. The van der Waals surface area contributed by atoms with Crippen LogP contribution in [0.5, 0.6) is 5.75 Å². The molecule has 28 heavy (non-hydrogen) atoms. The van der Waals surface area contributed by atoms with E-state index in [-0.39, 0.29) is 22.7 Å². The molecule has 1 aliphatic carbocycles. The Labute approximate surface area is 169 Å². The summed E-state index contributed by atoms with van der Waals surface area (Å²) in [6, 6.07) is 11.1. The fourth-order valence-electron chi connectivity index (χ4n) is 4.50. The summed E-state index contributed by atoms with van der Waals surface area (Å²) in [6.45, 7) is 13.3. The minimum Gasteiger partial charge on any atom is -0.425 e. The van der Waals surface area contributed by atoms with Crippen molar-refractivity contribution in [3.05, 3.63) is 63.7 Å². The largest absolute Gasteiger partial charge is 0.425 e. The van der Waals surface area contributed by atoms with Crippen molar-refractivity contribution >= 4 is 5.97 Å².